The van der Waals surface area contributed by atoms with Crippen molar-refractivity contribution in [3.63, 3.8) is 0 Å². The highest BCUT2D eigenvalue weighted by Gasteiger charge is 2.00. The lowest BCUT2D eigenvalue weighted by molar-refractivity contribution is 1.24. The van der Waals surface area contributed by atoms with Crippen LogP contribution in [0.25, 0.3) is 0 Å². The number of hydrogen-bond acceptors (Lipinski definition) is 3. The Labute approximate surface area is 117 Å². The first-order chi connectivity index (χ1) is 8.19. The molecule has 0 radical (unpaired) electrons. The molecule has 0 saturated carbocycles. The molecule has 88 valence electrons. The molecule has 0 heterocycles. The fourth-order valence-corrected chi connectivity index (χ4v) is 3.00. The Kier molecular flexibility index (Phi) is 4.48. The molecular weight excluding hydrogens is 264 g/mol. The van der Waals surface area contributed by atoms with Gasteiger partial charge in [-0.1, -0.05) is 17.8 Å². The molecule has 2 aromatic rings. The van der Waals surface area contributed by atoms with Gasteiger partial charge in [-0.05, 0) is 55.1 Å². The van der Waals surface area contributed by atoms with E-state index in [9.17, 15) is 0 Å². The minimum atomic E-state index is 1.05. The summed E-state index contributed by atoms with van der Waals surface area (Å²) in [6.45, 7) is 2.07. The zero-order chi connectivity index (χ0) is 12.3. The lowest BCUT2D eigenvalue weighted by atomic mass is 10.2. The molecule has 3 heteroatoms. The van der Waals surface area contributed by atoms with Gasteiger partial charge in [-0.2, -0.15) is 0 Å². The number of benzene rings is 2. The average Bonchev–Trinajstić information content (AvgIpc) is 2.35. The van der Waals surface area contributed by atoms with Gasteiger partial charge >= 0.3 is 0 Å². The summed E-state index contributed by atoms with van der Waals surface area (Å²) in [5.74, 6) is 0. The van der Waals surface area contributed by atoms with Crippen molar-refractivity contribution < 1.29 is 0 Å². The standard InChI is InChI=1S/C14H14S3/c1-10-3-4-13(9-14(10)15)17-12-7-5-11(16-2)6-8-12/h3-9,15H,1-2H3. The van der Waals surface area contributed by atoms with E-state index in [-0.39, 0.29) is 0 Å². The topological polar surface area (TPSA) is 0 Å². The number of aryl methyl sites for hydroxylation is 1. The van der Waals surface area contributed by atoms with Crippen molar-refractivity contribution in [2.75, 3.05) is 6.26 Å². The third-order valence-electron chi connectivity index (χ3n) is 2.48. The fraction of sp³-hybridized carbons (Fsp3) is 0.143. The summed E-state index contributed by atoms with van der Waals surface area (Å²) >= 11 is 7.99. The lowest BCUT2D eigenvalue weighted by Crippen LogP contribution is -1.78. The Morgan fingerprint density at radius 2 is 1.47 bits per heavy atom. The molecular formula is C14H14S3. The summed E-state index contributed by atoms with van der Waals surface area (Å²) < 4.78 is 0. The SMILES string of the molecule is CSc1ccc(Sc2ccc(C)c(S)c2)cc1. The van der Waals surface area contributed by atoms with E-state index in [0.29, 0.717) is 0 Å². The van der Waals surface area contributed by atoms with Crippen LogP contribution in [0.1, 0.15) is 5.56 Å². The minimum Gasteiger partial charge on any atom is -0.143 e. The van der Waals surface area contributed by atoms with E-state index in [0.717, 1.165) is 4.90 Å². The van der Waals surface area contributed by atoms with Crippen LogP contribution >= 0.6 is 36.2 Å². The molecule has 0 atom stereocenters. The quantitative estimate of drug-likeness (QED) is 0.608. The predicted molar refractivity (Wildman–Crippen MR) is 80.8 cm³/mol. The largest absolute Gasteiger partial charge is 0.143 e. The maximum absolute atomic E-state index is 4.45. The highest BCUT2D eigenvalue weighted by atomic mass is 32.2. The third kappa shape index (κ3) is 3.47. The van der Waals surface area contributed by atoms with Crippen LogP contribution in [0.3, 0.4) is 0 Å². The fourth-order valence-electron chi connectivity index (χ4n) is 1.43. The molecule has 0 aliphatic heterocycles. The van der Waals surface area contributed by atoms with E-state index in [4.69, 9.17) is 0 Å². The molecule has 2 aromatic carbocycles. The van der Waals surface area contributed by atoms with Gasteiger partial charge in [0.1, 0.15) is 0 Å². The summed E-state index contributed by atoms with van der Waals surface area (Å²) in [4.78, 5) is 4.85. The number of thioether (sulfide) groups is 1. The first-order valence-corrected chi connectivity index (χ1v) is 7.79. The van der Waals surface area contributed by atoms with Gasteiger partial charge in [0.25, 0.3) is 0 Å². The van der Waals surface area contributed by atoms with Gasteiger partial charge in [-0.3, -0.25) is 0 Å². The van der Waals surface area contributed by atoms with E-state index in [1.807, 2.05) is 0 Å². The van der Waals surface area contributed by atoms with E-state index < -0.39 is 0 Å². The third-order valence-corrected chi connectivity index (χ3v) is 4.70. The normalized spacial score (nSPS) is 10.5. The average molecular weight is 278 g/mol. The zero-order valence-corrected chi connectivity index (χ0v) is 12.3. The van der Waals surface area contributed by atoms with Crippen molar-refractivity contribution in [2.45, 2.75) is 26.5 Å². The second kappa shape index (κ2) is 5.89. The molecule has 0 nitrogen and oxygen atoms in total. The molecule has 0 spiro atoms. The van der Waals surface area contributed by atoms with Gasteiger partial charge in [-0.15, -0.1) is 24.4 Å². The molecule has 0 aromatic heterocycles. The highest BCUT2D eigenvalue weighted by Crippen LogP contribution is 2.31. The second-order valence-corrected chi connectivity index (χ2v) is 6.23. The van der Waals surface area contributed by atoms with Crippen LogP contribution < -0.4 is 0 Å². The Hall–Kier alpha value is -0.510. The van der Waals surface area contributed by atoms with Gasteiger partial charge in [0, 0.05) is 19.6 Å². The summed E-state index contributed by atoms with van der Waals surface area (Å²) in [5, 5.41) is 0. The summed E-state index contributed by atoms with van der Waals surface area (Å²) in [7, 11) is 0. The van der Waals surface area contributed by atoms with Crippen molar-refractivity contribution >= 4 is 36.2 Å². The summed E-state index contributed by atoms with van der Waals surface area (Å²) in [6.07, 6.45) is 2.09. The second-order valence-electron chi connectivity index (χ2n) is 3.73. The smallest absolute Gasteiger partial charge is 0.0133 e. The van der Waals surface area contributed by atoms with E-state index in [1.165, 1.54) is 20.2 Å². The molecule has 0 unspecified atom stereocenters. The van der Waals surface area contributed by atoms with Crippen LogP contribution in [-0.2, 0) is 0 Å². The van der Waals surface area contributed by atoms with E-state index in [2.05, 4.69) is 68.3 Å². The van der Waals surface area contributed by atoms with Crippen molar-refractivity contribution in [1.29, 1.82) is 0 Å². The Bertz CT molecular complexity index is 503. The number of hydrogen-bond donors (Lipinski definition) is 1. The van der Waals surface area contributed by atoms with Gasteiger partial charge in [0.2, 0.25) is 0 Å². The molecule has 17 heavy (non-hydrogen) atoms. The first-order valence-electron chi connectivity index (χ1n) is 5.30. The van der Waals surface area contributed by atoms with Crippen LogP contribution in [0, 0.1) is 6.92 Å². The number of rotatable bonds is 3. The molecule has 0 aliphatic carbocycles. The Morgan fingerprint density at radius 1 is 0.882 bits per heavy atom. The molecule has 0 aliphatic rings. The minimum absolute atomic E-state index is 1.05. The maximum atomic E-state index is 4.45. The summed E-state index contributed by atoms with van der Waals surface area (Å²) in [5.41, 5.74) is 1.22. The Morgan fingerprint density at radius 3 is 2.06 bits per heavy atom. The van der Waals surface area contributed by atoms with Crippen molar-refractivity contribution in [2.24, 2.45) is 0 Å². The maximum Gasteiger partial charge on any atom is 0.0133 e. The highest BCUT2D eigenvalue weighted by molar-refractivity contribution is 7.99. The van der Waals surface area contributed by atoms with Crippen LogP contribution in [-0.4, -0.2) is 6.26 Å². The van der Waals surface area contributed by atoms with Crippen LogP contribution in [0.2, 0.25) is 0 Å². The molecule has 0 fully saturated rings. The predicted octanol–water partition coefficient (Wildman–Crippen LogP) is 5.16. The molecule has 0 amide bonds. The van der Waals surface area contributed by atoms with Crippen molar-refractivity contribution in [3.8, 4) is 0 Å². The van der Waals surface area contributed by atoms with Crippen LogP contribution in [0.5, 0.6) is 0 Å². The van der Waals surface area contributed by atoms with Crippen LogP contribution in [0.4, 0.5) is 0 Å². The number of thiol groups is 1. The van der Waals surface area contributed by atoms with Crippen molar-refractivity contribution in [3.05, 3.63) is 48.0 Å². The van der Waals surface area contributed by atoms with Gasteiger partial charge in [-0.25, -0.2) is 0 Å². The Balaban J connectivity index is 2.16. The van der Waals surface area contributed by atoms with E-state index >= 15 is 0 Å². The van der Waals surface area contributed by atoms with Gasteiger partial charge in [0.05, 0.1) is 0 Å². The molecule has 0 bridgehead atoms. The monoisotopic (exact) mass is 278 g/mol. The van der Waals surface area contributed by atoms with Crippen LogP contribution in [0.15, 0.2) is 62.0 Å². The molecule has 0 N–H and O–H groups in total. The first kappa shape index (κ1) is 12.9. The van der Waals surface area contributed by atoms with Crippen molar-refractivity contribution in [1.82, 2.24) is 0 Å². The zero-order valence-electron chi connectivity index (χ0n) is 9.81. The summed E-state index contributed by atoms with van der Waals surface area (Å²) in [6, 6.07) is 15.0. The molecule has 2 rings (SSSR count). The van der Waals surface area contributed by atoms with Gasteiger partial charge < -0.3 is 0 Å². The van der Waals surface area contributed by atoms with E-state index in [1.54, 1.807) is 23.5 Å². The lowest BCUT2D eigenvalue weighted by Gasteiger charge is -2.05. The van der Waals surface area contributed by atoms with Gasteiger partial charge in [0.15, 0.2) is 0 Å². The molecule has 0 saturated heterocycles.